The van der Waals surface area contributed by atoms with Gasteiger partial charge in [-0.05, 0) is 71.8 Å². The lowest BCUT2D eigenvalue weighted by molar-refractivity contribution is 0.602. The average Bonchev–Trinajstić information content (AvgIpc) is 2.84. The summed E-state index contributed by atoms with van der Waals surface area (Å²) in [6.45, 7) is 0. The first-order valence-electron chi connectivity index (χ1n) is 10.2. The van der Waals surface area contributed by atoms with Gasteiger partial charge in [0.1, 0.15) is 0 Å². The Labute approximate surface area is 219 Å². The number of halogens is 3. The van der Waals surface area contributed by atoms with Gasteiger partial charge in [-0.25, -0.2) is 16.8 Å². The van der Waals surface area contributed by atoms with E-state index < -0.39 is 19.7 Å². The summed E-state index contributed by atoms with van der Waals surface area (Å²) in [6, 6.07) is 25.2. The second-order valence-corrected chi connectivity index (χ2v) is 12.5. The van der Waals surface area contributed by atoms with Crippen molar-refractivity contribution in [2.75, 3.05) is 0 Å². The summed E-state index contributed by atoms with van der Waals surface area (Å²) >= 11 is 18.0. The van der Waals surface area contributed by atoms with Crippen molar-refractivity contribution in [3.8, 4) is 0 Å². The minimum atomic E-state index is -4.36. The van der Waals surface area contributed by atoms with Gasteiger partial charge in [0.05, 0.1) is 19.6 Å². The van der Waals surface area contributed by atoms with Gasteiger partial charge in [-0.1, -0.05) is 77.3 Å². The van der Waals surface area contributed by atoms with Gasteiger partial charge in [0.2, 0.25) is 19.7 Å². The molecule has 0 aliphatic carbocycles. The number of rotatable bonds is 6. The molecule has 0 N–H and O–H groups in total. The molecule has 0 radical (unpaired) electrons. The maximum Gasteiger partial charge on any atom is 0.208 e. The SMILES string of the molecule is O=S(=O)(/C(=C(/c1ccc(Cl)cc1)S(=O)(=O)c1ccc(Cl)cc1)c1ccccc1)c1ccc(Cl)cc1. The monoisotopic (exact) mass is 562 g/mol. The highest BCUT2D eigenvalue weighted by Gasteiger charge is 2.34. The molecule has 35 heavy (non-hydrogen) atoms. The van der Waals surface area contributed by atoms with Gasteiger partial charge in [0.15, 0.2) is 0 Å². The van der Waals surface area contributed by atoms with Gasteiger partial charge >= 0.3 is 0 Å². The summed E-state index contributed by atoms with van der Waals surface area (Å²) in [6.07, 6.45) is 0. The van der Waals surface area contributed by atoms with Crippen LogP contribution in [0.15, 0.2) is 113 Å². The minimum absolute atomic E-state index is 0.0986. The fourth-order valence-corrected chi connectivity index (χ4v) is 7.58. The van der Waals surface area contributed by atoms with Crippen LogP contribution >= 0.6 is 34.8 Å². The van der Waals surface area contributed by atoms with Crippen molar-refractivity contribution in [3.05, 3.63) is 129 Å². The van der Waals surface area contributed by atoms with E-state index in [-0.39, 0.29) is 30.7 Å². The van der Waals surface area contributed by atoms with Crippen LogP contribution in [0.3, 0.4) is 0 Å². The van der Waals surface area contributed by atoms with E-state index >= 15 is 0 Å². The van der Waals surface area contributed by atoms with Gasteiger partial charge in [0, 0.05) is 15.1 Å². The maximum absolute atomic E-state index is 14.1. The molecule has 4 nitrogen and oxygen atoms in total. The molecule has 178 valence electrons. The Morgan fingerprint density at radius 1 is 0.429 bits per heavy atom. The molecule has 0 aliphatic heterocycles. The molecule has 0 bridgehead atoms. The molecule has 0 fully saturated rings. The van der Waals surface area contributed by atoms with Crippen LogP contribution in [0.2, 0.25) is 15.1 Å². The van der Waals surface area contributed by atoms with Crippen LogP contribution in [0.1, 0.15) is 11.1 Å². The van der Waals surface area contributed by atoms with Crippen molar-refractivity contribution in [3.63, 3.8) is 0 Å². The summed E-state index contributed by atoms with van der Waals surface area (Å²) < 4.78 is 56.2. The molecule has 0 spiro atoms. The number of hydrogen-bond donors (Lipinski definition) is 0. The lowest BCUT2D eigenvalue weighted by Gasteiger charge is -2.18. The van der Waals surface area contributed by atoms with Crippen LogP contribution < -0.4 is 0 Å². The highest BCUT2D eigenvalue weighted by molar-refractivity contribution is 8.06. The van der Waals surface area contributed by atoms with E-state index in [4.69, 9.17) is 34.8 Å². The molecule has 4 aromatic carbocycles. The Hall–Kier alpha value is -2.61. The first kappa shape index (κ1) is 25.5. The molecule has 0 aliphatic rings. The third kappa shape index (κ3) is 5.32. The van der Waals surface area contributed by atoms with Crippen molar-refractivity contribution in [1.29, 1.82) is 0 Å². The van der Waals surface area contributed by atoms with Crippen molar-refractivity contribution in [2.24, 2.45) is 0 Å². The van der Waals surface area contributed by atoms with Crippen LogP contribution in [-0.2, 0) is 19.7 Å². The standard InChI is InChI=1S/C26H17Cl3O4S2/c27-20-8-6-19(7-9-20)26(35(32,33)24-16-12-22(29)13-17-24)25(18-4-2-1-3-5-18)34(30,31)23-14-10-21(28)11-15-23/h1-17H/b26-25-. The first-order valence-corrected chi connectivity index (χ1v) is 14.3. The van der Waals surface area contributed by atoms with Crippen LogP contribution in [0.4, 0.5) is 0 Å². The third-order valence-electron chi connectivity index (χ3n) is 5.13. The second kappa shape index (κ2) is 10.2. The van der Waals surface area contributed by atoms with Crippen molar-refractivity contribution in [2.45, 2.75) is 9.79 Å². The summed E-state index contributed by atoms with van der Waals surface area (Å²) in [5.41, 5.74) is 0.380. The molecule has 4 rings (SSSR count). The van der Waals surface area contributed by atoms with Gasteiger partial charge in [0.25, 0.3) is 0 Å². The van der Waals surface area contributed by atoms with Crippen molar-refractivity contribution in [1.82, 2.24) is 0 Å². The van der Waals surface area contributed by atoms with Crippen LogP contribution in [0.5, 0.6) is 0 Å². The van der Waals surface area contributed by atoms with Crippen LogP contribution in [0, 0.1) is 0 Å². The number of sulfone groups is 2. The lowest BCUT2D eigenvalue weighted by Crippen LogP contribution is -2.13. The average molecular weight is 564 g/mol. The van der Waals surface area contributed by atoms with Gasteiger partial charge in [-0.15, -0.1) is 0 Å². The fourth-order valence-electron chi connectivity index (χ4n) is 3.47. The van der Waals surface area contributed by atoms with E-state index in [2.05, 4.69) is 0 Å². The van der Waals surface area contributed by atoms with Crippen molar-refractivity contribution < 1.29 is 16.8 Å². The Morgan fingerprint density at radius 3 is 1.11 bits per heavy atom. The minimum Gasteiger partial charge on any atom is -0.218 e. The summed E-state index contributed by atoms with van der Waals surface area (Å²) in [5, 5.41) is 1.07. The highest BCUT2D eigenvalue weighted by atomic mass is 35.5. The van der Waals surface area contributed by atoms with Crippen LogP contribution in [0.25, 0.3) is 9.81 Å². The van der Waals surface area contributed by atoms with Gasteiger partial charge < -0.3 is 0 Å². The smallest absolute Gasteiger partial charge is 0.208 e. The van der Waals surface area contributed by atoms with Crippen LogP contribution in [-0.4, -0.2) is 16.8 Å². The van der Waals surface area contributed by atoms with Crippen molar-refractivity contribution >= 4 is 64.3 Å². The number of hydrogen-bond acceptors (Lipinski definition) is 4. The van der Waals surface area contributed by atoms with E-state index in [1.165, 1.54) is 72.8 Å². The third-order valence-corrected chi connectivity index (χ3v) is 9.76. The quantitative estimate of drug-likeness (QED) is 0.229. The molecule has 0 saturated carbocycles. The molecule has 0 amide bonds. The summed E-state index contributed by atoms with van der Waals surface area (Å²) in [7, 11) is -8.70. The normalized spacial score (nSPS) is 12.8. The molecular weight excluding hydrogens is 547 g/mol. The Balaban J connectivity index is 2.16. The fraction of sp³-hybridized carbons (Fsp3) is 0. The predicted molar refractivity (Wildman–Crippen MR) is 142 cm³/mol. The lowest BCUT2D eigenvalue weighted by atomic mass is 10.1. The van der Waals surface area contributed by atoms with E-state index in [0.29, 0.717) is 15.1 Å². The Morgan fingerprint density at radius 2 is 0.743 bits per heavy atom. The topological polar surface area (TPSA) is 68.3 Å². The largest absolute Gasteiger partial charge is 0.218 e. The predicted octanol–water partition coefficient (Wildman–Crippen LogP) is 7.42. The van der Waals surface area contributed by atoms with E-state index in [1.54, 1.807) is 30.3 Å². The van der Waals surface area contributed by atoms with Gasteiger partial charge in [-0.2, -0.15) is 0 Å². The molecule has 9 heteroatoms. The molecule has 4 aromatic rings. The van der Waals surface area contributed by atoms with Gasteiger partial charge in [-0.3, -0.25) is 0 Å². The summed E-state index contributed by atoms with van der Waals surface area (Å²) in [4.78, 5) is -0.944. The summed E-state index contributed by atoms with van der Waals surface area (Å²) in [5.74, 6) is 0. The Kier molecular flexibility index (Phi) is 7.40. The van der Waals surface area contributed by atoms with E-state index in [0.717, 1.165) is 0 Å². The zero-order chi connectivity index (χ0) is 25.2. The second-order valence-electron chi connectivity index (χ2n) is 7.45. The van der Waals surface area contributed by atoms with E-state index in [9.17, 15) is 16.8 Å². The molecule has 0 atom stereocenters. The molecular formula is C26H17Cl3O4S2. The zero-order valence-corrected chi connectivity index (χ0v) is 21.8. The first-order chi connectivity index (χ1) is 16.6. The Bertz CT molecular complexity index is 1600. The number of benzene rings is 4. The molecule has 0 saturated heterocycles. The maximum atomic E-state index is 14.1. The van der Waals surface area contributed by atoms with E-state index in [1.807, 2.05) is 0 Å². The highest BCUT2D eigenvalue weighted by Crippen LogP contribution is 2.41. The molecule has 0 heterocycles. The molecule has 0 unspecified atom stereocenters. The molecule has 0 aromatic heterocycles. The zero-order valence-electron chi connectivity index (χ0n) is 17.9.